The third-order valence-corrected chi connectivity index (χ3v) is 6.55. The first-order valence-corrected chi connectivity index (χ1v) is 10.7. The standard InChI is InChI=1S/C23H31N3O2/c1-15-9-11-26(12-10-15)23(28)21(25-22(27)16(2)17-7-8-17)13-18-14-24-20-6-4-3-5-19(18)20/h3-6,14-17,21,24H,7-13H2,1-2H3,(H,25,27). The number of nitrogens with zero attached hydrogens (tertiary/aromatic N) is 1. The molecule has 2 amide bonds. The van der Waals surface area contributed by atoms with Gasteiger partial charge in [-0.1, -0.05) is 32.0 Å². The number of H-pyrrole nitrogens is 1. The molecule has 2 N–H and O–H groups in total. The van der Waals surface area contributed by atoms with Crippen molar-refractivity contribution < 1.29 is 9.59 Å². The molecule has 1 aromatic carbocycles. The highest BCUT2D eigenvalue weighted by atomic mass is 16.2. The summed E-state index contributed by atoms with van der Waals surface area (Å²) in [6, 6.07) is 7.62. The molecule has 1 saturated carbocycles. The van der Waals surface area contributed by atoms with Gasteiger partial charge in [-0.25, -0.2) is 0 Å². The Hall–Kier alpha value is -2.30. The van der Waals surface area contributed by atoms with Gasteiger partial charge in [0.25, 0.3) is 0 Å². The second-order valence-electron chi connectivity index (χ2n) is 8.76. The summed E-state index contributed by atoms with van der Waals surface area (Å²) in [5.74, 6) is 1.22. The summed E-state index contributed by atoms with van der Waals surface area (Å²) in [5.41, 5.74) is 2.15. The highest BCUT2D eigenvalue weighted by molar-refractivity contribution is 5.90. The lowest BCUT2D eigenvalue weighted by molar-refractivity contribution is -0.138. The molecule has 5 nitrogen and oxygen atoms in total. The molecule has 0 radical (unpaired) electrons. The summed E-state index contributed by atoms with van der Waals surface area (Å²) in [4.78, 5) is 31.3. The van der Waals surface area contributed by atoms with Gasteiger partial charge < -0.3 is 15.2 Å². The largest absolute Gasteiger partial charge is 0.361 e. The van der Waals surface area contributed by atoms with Crippen LogP contribution in [0.3, 0.4) is 0 Å². The number of piperidine rings is 1. The van der Waals surface area contributed by atoms with Crippen LogP contribution < -0.4 is 5.32 Å². The number of aromatic nitrogens is 1. The minimum atomic E-state index is -0.499. The molecule has 1 saturated heterocycles. The van der Waals surface area contributed by atoms with E-state index < -0.39 is 6.04 Å². The van der Waals surface area contributed by atoms with Crippen LogP contribution >= 0.6 is 0 Å². The second-order valence-corrected chi connectivity index (χ2v) is 8.76. The Morgan fingerprint density at radius 2 is 1.89 bits per heavy atom. The topological polar surface area (TPSA) is 65.2 Å². The summed E-state index contributed by atoms with van der Waals surface area (Å²) in [7, 11) is 0. The van der Waals surface area contributed by atoms with Crippen LogP contribution in [-0.4, -0.2) is 40.8 Å². The maximum Gasteiger partial charge on any atom is 0.245 e. The van der Waals surface area contributed by atoms with E-state index in [-0.39, 0.29) is 17.7 Å². The first kappa shape index (κ1) is 19.0. The van der Waals surface area contributed by atoms with Gasteiger partial charge in [0.05, 0.1) is 0 Å². The molecule has 1 aliphatic heterocycles. The Kier molecular flexibility index (Phi) is 5.42. The number of aromatic amines is 1. The van der Waals surface area contributed by atoms with E-state index in [9.17, 15) is 9.59 Å². The summed E-state index contributed by atoms with van der Waals surface area (Å²) < 4.78 is 0. The third-order valence-electron chi connectivity index (χ3n) is 6.55. The van der Waals surface area contributed by atoms with Gasteiger partial charge in [0.15, 0.2) is 0 Å². The smallest absolute Gasteiger partial charge is 0.245 e. The molecule has 150 valence electrons. The van der Waals surface area contributed by atoms with E-state index in [2.05, 4.69) is 23.3 Å². The van der Waals surface area contributed by atoms with E-state index in [4.69, 9.17) is 0 Å². The molecule has 2 atom stereocenters. The van der Waals surface area contributed by atoms with Gasteiger partial charge in [-0.3, -0.25) is 9.59 Å². The van der Waals surface area contributed by atoms with Crippen LogP contribution in [0.5, 0.6) is 0 Å². The number of amides is 2. The van der Waals surface area contributed by atoms with Crippen molar-refractivity contribution in [2.75, 3.05) is 13.1 Å². The van der Waals surface area contributed by atoms with Crippen LogP contribution in [0, 0.1) is 17.8 Å². The second kappa shape index (κ2) is 7.98. The van der Waals surface area contributed by atoms with Crippen molar-refractivity contribution in [1.82, 2.24) is 15.2 Å². The van der Waals surface area contributed by atoms with E-state index >= 15 is 0 Å². The highest BCUT2D eigenvalue weighted by Gasteiger charge is 2.35. The zero-order chi connectivity index (χ0) is 19.7. The lowest BCUT2D eigenvalue weighted by Gasteiger charge is -2.33. The maximum atomic E-state index is 13.3. The van der Waals surface area contributed by atoms with Crippen molar-refractivity contribution in [3.05, 3.63) is 36.0 Å². The number of nitrogens with one attached hydrogen (secondary N) is 2. The monoisotopic (exact) mass is 381 g/mol. The van der Waals surface area contributed by atoms with Gasteiger partial charge in [0, 0.05) is 42.5 Å². The normalized spacial score (nSPS) is 20.1. The number of carbonyl (C=O) groups is 2. The van der Waals surface area contributed by atoms with Crippen LogP contribution in [0.15, 0.2) is 30.5 Å². The van der Waals surface area contributed by atoms with Crippen molar-refractivity contribution in [3.63, 3.8) is 0 Å². The number of carbonyl (C=O) groups excluding carboxylic acids is 2. The molecule has 4 rings (SSSR count). The number of hydrogen-bond acceptors (Lipinski definition) is 2. The first-order valence-electron chi connectivity index (χ1n) is 10.7. The Morgan fingerprint density at radius 1 is 1.18 bits per heavy atom. The molecule has 0 spiro atoms. The first-order chi connectivity index (χ1) is 13.5. The Morgan fingerprint density at radius 3 is 2.61 bits per heavy atom. The number of fused-ring (bicyclic) bond motifs is 1. The fourth-order valence-electron chi connectivity index (χ4n) is 4.28. The van der Waals surface area contributed by atoms with Crippen LogP contribution in [0.1, 0.15) is 45.1 Å². The maximum absolute atomic E-state index is 13.3. The molecule has 2 unspecified atom stereocenters. The Labute approximate surface area is 166 Å². The molecule has 28 heavy (non-hydrogen) atoms. The fourth-order valence-corrected chi connectivity index (χ4v) is 4.28. The van der Waals surface area contributed by atoms with Crippen molar-refractivity contribution in [3.8, 4) is 0 Å². The van der Waals surface area contributed by atoms with Gasteiger partial charge in [-0.15, -0.1) is 0 Å². The summed E-state index contributed by atoms with van der Waals surface area (Å²) in [6.07, 6.45) is 6.83. The molecular formula is C23H31N3O2. The Bertz CT molecular complexity index is 846. The summed E-state index contributed by atoms with van der Waals surface area (Å²) in [5, 5.41) is 4.23. The summed E-state index contributed by atoms with van der Waals surface area (Å²) >= 11 is 0. The number of hydrogen-bond donors (Lipinski definition) is 2. The van der Waals surface area contributed by atoms with Crippen LogP contribution in [0.25, 0.3) is 10.9 Å². The molecular weight excluding hydrogens is 350 g/mol. The van der Waals surface area contributed by atoms with Crippen LogP contribution in [-0.2, 0) is 16.0 Å². The molecule has 2 fully saturated rings. The SMILES string of the molecule is CC1CCN(C(=O)C(Cc2c[nH]c3ccccc23)NC(=O)C(C)C2CC2)CC1. The molecule has 1 aliphatic carbocycles. The lowest BCUT2D eigenvalue weighted by atomic mass is 9.97. The zero-order valence-corrected chi connectivity index (χ0v) is 16.9. The van der Waals surface area contributed by atoms with Crippen molar-refractivity contribution in [1.29, 1.82) is 0 Å². The van der Waals surface area contributed by atoms with Crippen LogP contribution in [0.4, 0.5) is 0 Å². The van der Waals surface area contributed by atoms with Crippen molar-refractivity contribution in [2.24, 2.45) is 17.8 Å². The average Bonchev–Trinajstić information content (AvgIpc) is 3.48. The van der Waals surface area contributed by atoms with E-state index in [1.54, 1.807) is 0 Å². The van der Waals surface area contributed by atoms with Gasteiger partial charge in [-0.05, 0) is 49.1 Å². The van der Waals surface area contributed by atoms with E-state index in [0.29, 0.717) is 18.3 Å². The number of para-hydroxylation sites is 1. The third kappa shape index (κ3) is 4.08. The van der Waals surface area contributed by atoms with Crippen molar-refractivity contribution >= 4 is 22.7 Å². The number of likely N-dealkylation sites (tertiary alicyclic amines) is 1. The zero-order valence-electron chi connectivity index (χ0n) is 16.9. The molecule has 2 aromatic rings. The van der Waals surface area contributed by atoms with Crippen molar-refractivity contribution in [2.45, 2.75) is 52.0 Å². The summed E-state index contributed by atoms with van der Waals surface area (Å²) in [6.45, 7) is 5.81. The quantitative estimate of drug-likeness (QED) is 0.804. The van der Waals surface area contributed by atoms with Gasteiger partial charge in [-0.2, -0.15) is 0 Å². The average molecular weight is 382 g/mol. The van der Waals surface area contributed by atoms with E-state index in [0.717, 1.165) is 55.2 Å². The number of benzene rings is 1. The Balaban J connectivity index is 1.53. The molecule has 2 heterocycles. The van der Waals surface area contributed by atoms with Gasteiger partial charge in [0.1, 0.15) is 6.04 Å². The predicted octanol–water partition coefficient (Wildman–Crippen LogP) is 3.50. The van der Waals surface area contributed by atoms with E-state index in [1.807, 2.05) is 36.2 Å². The minimum absolute atomic E-state index is 0.0142. The van der Waals surface area contributed by atoms with Crippen LogP contribution in [0.2, 0.25) is 0 Å². The predicted molar refractivity (Wildman–Crippen MR) is 111 cm³/mol. The highest BCUT2D eigenvalue weighted by Crippen LogP contribution is 2.36. The minimum Gasteiger partial charge on any atom is -0.361 e. The van der Waals surface area contributed by atoms with Gasteiger partial charge in [0.2, 0.25) is 11.8 Å². The van der Waals surface area contributed by atoms with Gasteiger partial charge >= 0.3 is 0 Å². The lowest BCUT2D eigenvalue weighted by Crippen LogP contribution is -2.52. The molecule has 5 heteroatoms. The molecule has 0 bridgehead atoms. The van der Waals surface area contributed by atoms with E-state index in [1.165, 1.54) is 0 Å². The molecule has 2 aliphatic rings. The molecule has 1 aromatic heterocycles. The fraction of sp³-hybridized carbons (Fsp3) is 0.565. The number of rotatable bonds is 6.